The molecule has 1 N–H and O–H groups in total. The Morgan fingerprint density at radius 3 is 2.55 bits per heavy atom. The summed E-state index contributed by atoms with van der Waals surface area (Å²) in [7, 11) is 2.00. The van der Waals surface area contributed by atoms with Crippen molar-refractivity contribution in [1.82, 2.24) is 10.2 Å². The Hall–Kier alpha value is -1.00. The Balaban J connectivity index is 2.09. The van der Waals surface area contributed by atoms with Crippen LogP contribution in [0.1, 0.15) is 37.0 Å². The second kappa shape index (κ2) is 7.14. The van der Waals surface area contributed by atoms with Crippen molar-refractivity contribution in [3.63, 3.8) is 0 Å². The van der Waals surface area contributed by atoms with Crippen molar-refractivity contribution in [2.45, 2.75) is 42.9 Å². The smallest absolute Gasteiger partial charge is 0.254 e. The molecule has 1 aliphatic rings. The third kappa shape index (κ3) is 3.76. The average Bonchev–Trinajstić information content (AvgIpc) is 2.46. The normalized spacial score (nSPS) is 16.7. The van der Waals surface area contributed by atoms with Gasteiger partial charge in [-0.3, -0.25) is 4.79 Å². The van der Waals surface area contributed by atoms with Gasteiger partial charge in [-0.25, -0.2) is 0 Å². The van der Waals surface area contributed by atoms with E-state index in [1.54, 1.807) is 11.8 Å². The monoisotopic (exact) mass is 292 g/mol. The van der Waals surface area contributed by atoms with Crippen LogP contribution in [0.15, 0.2) is 29.2 Å². The third-order valence-electron chi connectivity index (χ3n) is 3.67. The van der Waals surface area contributed by atoms with E-state index in [9.17, 15) is 4.79 Å². The number of nitrogens with zero attached hydrogens (tertiary/aromatic N) is 1. The van der Waals surface area contributed by atoms with Gasteiger partial charge in [0.25, 0.3) is 5.91 Å². The molecule has 0 aromatic heterocycles. The van der Waals surface area contributed by atoms with Crippen molar-refractivity contribution in [3.05, 3.63) is 29.8 Å². The van der Waals surface area contributed by atoms with E-state index in [4.69, 9.17) is 0 Å². The molecule has 1 aromatic carbocycles. The van der Waals surface area contributed by atoms with E-state index in [0.717, 1.165) is 36.4 Å². The number of hydrogen-bond donors (Lipinski definition) is 1. The van der Waals surface area contributed by atoms with Gasteiger partial charge in [-0.1, -0.05) is 26.0 Å². The lowest BCUT2D eigenvalue weighted by Gasteiger charge is -2.32. The van der Waals surface area contributed by atoms with Gasteiger partial charge in [0.1, 0.15) is 0 Å². The molecule has 0 saturated carbocycles. The van der Waals surface area contributed by atoms with Gasteiger partial charge in [-0.15, -0.1) is 11.8 Å². The number of carbonyl (C=O) groups excluding carboxylic acids is 1. The Morgan fingerprint density at radius 1 is 1.30 bits per heavy atom. The first-order chi connectivity index (χ1) is 9.61. The third-order valence-corrected chi connectivity index (χ3v) is 4.75. The molecule has 0 atom stereocenters. The minimum Gasteiger partial charge on any atom is -0.338 e. The second-order valence-electron chi connectivity index (χ2n) is 5.52. The highest BCUT2D eigenvalue weighted by molar-refractivity contribution is 8.00. The molecule has 2 rings (SSSR count). The lowest BCUT2D eigenvalue weighted by Crippen LogP contribution is -2.44. The molecule has 0 spiro atoms. The Bertz CT molecular complexity index is 454. The van der Waals surface area contributed by atoms with Crippen LogP contribution in [0.2, 0.25) is 0 Å². The Labute approximate surface area is 126 Å². The van der Waals surface area contributed by atoms with E-state index in [0.29, 0.717) is 11.3 Å². The SMILES string of the molecule is CNC1CCN(C(=O)c2ccccc2SC(C)C)CC1. The van der Waals surface area contributed by atoms with Crippen LogP contribution in [-0.4, -0.2) is 42.2 Å². The fourth-order valence-corrected chi connectivity index (χ4v) is 3.49. The topological polar surface area (TPSA) is 32.3 Å². The average molecular weight is 292 g/mol. The van der Waals surface area contributed by atoms with E-state index in [1.807, 2.05) is 30.1 Å². The van der Waals surface area contributed by atoms with E-state index in [2.05, 4.69) is 25.2 Å². The number of benzene rings is 1. The molecule has 20 heavy (non-hydrogen) atoms. The number of amides is 1. The van der Waals surface area contributed by atoms with Crippen LogP contribution < -0.4 is 5.32 Å². The molecule has 1 aliphatic heterocycles. The van der Waals surface area contributed by atoms with Crippen LogP contribution in [0.4, 0.5) is 0 Å². The Kier molecular flexibility index (Phi) is 5.49. The molecule has 110 valence electrons. The first-order valence-electron chi connectivity index (χ1n) is 7.34. The number of rotatable bonds is 4. The molecular formula is C16H24N2OS. The summed E-state index contributed by atoms with van der Waals surface area (Å²) < 4.78 is 0. The quantitative estimate of drug-likeness (QED) is 0.866. The molecule has 1 aromatic rings. The second-order valence-corrected chi connectivity index (χ2v) is 7.14. The Morgan fingerprint density at radius 2 is 1.95 bits per heavy atom. The molecule has 0 unspecified atom stereocenters. The number of piperidine rings is 1. The number of nitrogens with one attached hydrogen (secondary N) is 1. The first-order valence-corrected chi connectivity index (χ1v) is 8.22. The van der Waals surface area contributed by atoms with Gasteiger partial charge >= 0.3 is 0 Å². The van der Waals surface area contributed by atoms with Crippen molar-refractivity contribution in [3.8, 4) is 0 Å². The van der Waals surface area contributed by atoms with E-state index in [1.165, 1.54) is 0 Å². The van der Waals surface area contributed by atoms with Crippen molar-refractivity contribution >= 4 is 17.7 Å². The summed E-state index contributed by atoms with van der Waals surface area (Å²) in [5.74, 6) is 0.184. The fraction of sp³-hybridized carbons (Fsp3) is 0.562. The molecular weight excluding hydrogens is 268 g/mol. The van der Waals surface area contributed by atoms with Crippen LogP contribution in [0.25, 0.3) is 0 Å². The molecule has 1 heterocycles. The summed E-state index contributed by atoms with van der Waals surface area (Å²) in [5.41, 5.74) is 0.856. The molecule has 0 aliphatic carbocycles. The summed E-state index contributed by atoms with van der Waals surface area (Å²) in [6, 6.07) is 8.53. The summed E-state index contributed by atoms with van der Waals surface area (Å²) in [6.45, 7) is 6.02. The molecule has 1 saturated heterocycles. The maximum atomic E-state index is 12.7. The zero-order valence-electron chi connectivity index (χ0n) is 12.6. The van der Waals surface area contributed by atoms with E-state index < -0.39 is 0 Å². The first kappa shape index (κ1) is 15.4. The summed E-state index contributed by atoms with van der Waals surface area (Å²) >= 11 is 1.76. The summed E-state index contributed by atoms with van der Waals surface area (Å²) in [5, 5.41) is 3.78. The number of carbonyl (C=O) groups is 1. The highest BCUT2D eigenvalue weighted by Crippen LogP contribution is 2.28. The summed E-state index contributed by atoms with van der Waals surface area (Å²) in [4.78, 5) is 15.8. The minimum atomic E-state index is 0.184. The van der Waals surface area contributed by atoms with Gasteiger partial charge in [-0.2, -0.15) is 0 Å². The maximum Gasteiger partial charge on any atom is 0.254 e. The highest BCUT2D eigenvalue weighted by atomic mass is 32.2. The molecule has 0 radical (unpaired) electrons. The van der Waals surface area contributed by atoms with Crippen LogP contribution in [0.5, 0.6) is 0 Å². The van der Waals surface area contributed by atoms with Crippen molar-refractivity contribution in [2.24, 2.45) is 0 Å². The van der Waals surface area contributed by atoms with Gasteiger partial charge in [0, 0.05) is 29.3 Å². The van der Waals surface area contributed by atoms with Crippen LogP contribution in [0.3, 0.4) is 0 Å². The van der Waals surface area contributed by atoms with Gasteiger partial charge < -0.3 is 10.2 Å². The zero-order valence-corrected chi connectivity index (χ0v) is 13.4. The number of hydrogen-bond acceptors (Lipinski definition) is 3. The van der Waals surface area contributed by atoms with Crippen molar-refractivity contribution < 1.29 is 4.79 Å². The maximum absolute atomic E-state index is 12.7. The zero-order chi connectivity index (χ0) is 14.5. The van der Waals surface area contributed by atoms with Gasteiger partial charge in [0.2, 0.25) is 0 Å². The molecule has 4 heteroatoms. The van der Waals surface area contributed by atoms with Crippen molar-refractivity contribution in [2.75, 3.05) is 20.1 Å². The minimum absolute atomic E-state index is 0.184. The van der Waals surface area contributed by atoms with E-state index in [-0.39, 0.29) is 5.91 Å². The van der Waals surface area contributed by atoms with Crippen LogP contribution in [-0.2, 0) is 0 Å². The molecule has 1 amide bonds. The van der Waals surface area contributed by atoms with Crippen LogP contribution in [0, 0.1) is 0 Å². The predicted molar refractivity (Wildman–Crippen MR) is 85.4 cm³/mol. The standard InChI is InChI=1S/C16H24N2OS/c1-12(2)20-15-7-5-4-6-14(15)16(19)18-10-8-13(17-3)9-11-18/h4-7,12-13,17H,8-11H2,1-3H3. The van der Waals surface area contributed by atoms with Gasteiger partial charge in [0.05, 0.1) is 5.56 Å². The molecule has 1 fully saturated rings. The fourth-order valence-electron chi connectivity index (χ4n) is 2.54. The highest BCUT2D eigenvalue weighted by Gasteiger charge is 2.24. The molecule has 3 nitrogen and oxygen atoms in total. The van der Waals surface area contributed by atoms with Gasteiger partial charge in [0.15, 0.2) is 0 Å². The number of likely N-dealkylation sites (tertiary alicyclic amines) is 1. The van der Waals surface area contributed by atoms with Crippen molar-refractivity contribution in [1.29, 1.82) is 0 Å². The van der Waals surface area contributed by atoms with Gasteiger partial charge in [-0.05, 0) is 32.0 Å². The van der Waals surface area contributed by atoms with Crippen LogP contribution >= 0.6 is 11.8 Å². The lowest BCUT2D eigenvalue weighted by molar-refractivity contribution is 0.0704. The largest absolute Gasteiger partial charge is 0.338 e. The number of thioether (sulfide) groups is 1. The van der Waals surface area contributed by atoms with E-state index >= 15 is 0 Å². The lowest BCUT2D eigenvalue weighted by atomic mass is 10.0. The summed E-state index contributed by atoms with van der Waals surface area (Å²) in [6.07, 6.45) is 2.09. The predicted octanol–water partition coefficient (Wildman–Crippen LogP) is 3.01. The molecule has 0 bridgehead atoms.